The molecule has 4 heterocycles. The Balaban J connectivity index is 0.000000148. The Hall–Kier alpha value is -4.16. The first kappa shape index (κ1) is 67.3. The minimum Gasteiger partial charge on any atom is -0.461 e. The Bertz CT molecular complexity index is 2900. The zero-order chi connectivity index (χ0) is 63.9. The summed E-state index contributed by atoms with van der Waals surface area (Å²) in [6.45, 7) is 33.5. The minimum absolute atomic E-state index is 0.0572. The summed E-state index contributed by atoms with van der Waals surface area (Å²) in [5, 5.41) is 3.85. The number of hydrogen-bond acceptors (Lipinski definition) is 10. The standard InChI is InChI=1S/C36H49NO4.C28H43NO2.C9H10O2.C6H15N/c1-22-16-32-33(37(20-22)34(39)40-21-25-8-6-5-7-9-25)24(3)36(41-32)15-13-28-29-11-10-26-17-27(38)12-14-35(26,4)31(29)18-30(28)23(2)19-36;1-16-11-25-26(29-15-16)18(3)28(31-25)10-8-21-22-6-5-19-12-20(30)7-9-27(19,4)24(22)13-23(21)17(2)14-28;1-8(10)11-7-9-5-3-2-4-6-9;1-4-7(5-2)6-3/h5-9,22,24,26,28-29,31-33H,10-21H2,1-4H3;16,18-19,21-22,24-26,29H,5-15H2,1-4H3;2-6H,7H2,1H3;4-6H2,1-3H3/t22-,24+,26+,28-,29-,31-,32+,33-,35-,36-;16-,18+,19+,21-,22-,24-,25+,26-,27-,28-;;/m00../s1. The van der Waals surface area contributed by atoms with Gasteiger partial charge in [-0.2, -0.15) is 0 Å². The molecule has 10 fully saturated rings. The van der Waals surface area contributed by atoms with Crippen LogP contribution in [0, 0.1) is 81.8 Å². The van der Waals surface area contributed by atoms with Crippen molar-refractivity contribution in [2.24, 2.45) is 81.8 Å². The molecule has 0 unspecified atom stereocenters. The Kier molecular flexibility index (Phi) is 21.0. The quantitative estimate of drug-likeness (QED) is 0.212. The molecule has 0 bridgehead atoms. The van der Waals surface area contributed by atoms with Gasteiger partial charge in [0, 0.05) is 57.0 Å². The van der Waals surface area contributed by atoms with Gasteiger partial charge in [-0.25, -0.2) is 4.79 Å². The van der Waals surface area contributed by atoms with Crippen molar-refractivity contribution in [3.8, 4) is 0 Å². The Morgan fingerprint density at radius 3 is 1.58 bits per heavy atom. The molecule has 2 spiro atoms. The van der Waals surface area contributed by atoms with Crippen molar-refractivity contribution in [1.82, 2.24) is 15.1 Å². The number of ether oxygens (including phenoxy) is 4. The fourth-order valence-corrected chi connectivity index (χ4v) is 21.9. The highest BCUT2D eigenvalue weighted by atomic mass is 16.6. The van der Waals surface area contributed by atoms with E-state index in [1.807, 2.05) is 71.1 Å². The van der Waals surface area contributed by atoms with Crippen LogP contribution in [0.25, 0.3) is 0 Å². The molecule has 11 heteroatoms. The van der Waals surface area contributed by atoms with Gasteiger partial charge in [0.05, 0.1) is 29.5 Å². The Morgan fingerprint density at radius 2 is 1.09 bits per heavy atom. The summed E-state index contributed by atoms with van der Waals surface area (Å²) in [7, 11) is 0. The first-order valence-corrected chi connectivity index (χ1v) is 36.5. The number of piperidine rings is 2. The van der Waals surface area contributed by atoms with Gasteiger partial charge in [-0.15, -0.1) is 0 Å². The second-order valence-corrected chi connectivity index (χ2v) is 32.0. The van der Waals surface area contributed by atoms with E-state index in [0.29, 0.717) is 77.3 Å². The smallest absolute Gasteiger partial charge is 0.410 e. The number of esters is 1. The number of allylic oxidation sites excluding steroid dienone is 2. The van der Waals surface area contributed by atoms with Crippen LogP contribution in [-0.2, 0) is 46.5 Å². The first-order chi connectivity index (χ1) is 43.1. The molecule has 20 atom stereocenters. The second-order valence-electron chi connectivity index (χ2n) is 32.0. The molecule has 11 nitrogen and oxygen atoms in total. The molecule has 4 saturated heterocycles. The third-order valence-corrected chi connectivity index (χ3v) is 27.1. The topological polar surface area (TPSA) is 124 Å². The van der Waals surface area contributed by atoms with E-state index in [9.17, 15) is 19.2 Å². The van der Waals surface area contributed by atoms with Gasteiger partial charge in [-0.1, -0.05) is 145 Å². The molecule has 14 rings (SSSR count). The Labute approximate surface area is 543 Å². The number of hydrogen-bond donors (Lipinski definition) is 1. The van der Waals surface area contributed by atoms with Crippen LogP contribution >= 0.6 is 0 Å². The molecule has 2 aromatic carbocycles. The lowest BCUT2D eigenvalue weighted by atomic mass is 9.52. The summed E-state index contributed by atoms with van der Waals surface area (Å²) in [5.74, 6) is 8.64. The fraction of sp³-hybridized carbons (Fsp3) is 0.747. The first-order valence-electron chi connectivity index (χ1n) is 36.5. The number of ketones is 2. The van der Waals surface area contributed by atoms with E-state index in [1.165, 1.54) is 90.8 Å². The van der Waals surface area contributed by atoms with Crippen LogP contribution in [0.15, 0.2) is 83.0 Å². The predicted molar refractivity (Wildman–Crippen MR) is 358 cm³/mol. The lowest BCUT2D eigenvalue weighted by molar-refractivity contribution is -0.142. The van der Waals surface area contributed by atoms with Crippen molar-refractivity contribution >= 4 is 23.6 Å². The van der Waals surface area contributed by atoms with Crippen LogP contribution in [0.5, 0.6) is 0 Å². The molecule has 90 heavy (non-hydrogen) atoms. The summed E-state index contributed by atoms with van der Waals surface area (Å²) in [5.41, 5.74) is 9.40. The molecule has 1 N–H and O–H groups in total. The van der Waals surface area contributed by atoms with Crippen LogP contribution in [0.3, 0.4) is 0 Å². The van der Waals surface area contributed by atoms with Gasteiger partial charge in [0.2, 0.25) is 0 Å². The maximum atomic E-state index is 13.5. The fourth-order valence-electron chi connectivity index (χ4n) is 21.9. The zero-order valence-corrected chi connectivity index (χ0v) is 57.8. The van der Waals surface area contributed by atoms with Crippen LogP contribution < -0.4 is 5.32 Å². The van der Waals surface area contributed by atoms with E-state index >= 15 is 0 Å². The monoisotopic (exact) mass is 1240 g/mol. The number of carbonyl (C=O) groups excluding carboxylic acids is 4. The van der Waals surface area contributed by atoms with Gasteiger partial charge in [-0.3, -0.25) is 14.4 Å². The van der Waals surface area contributed by atoms with Crippen LogP contribution in [0.2, 0.25) is 0 Å². The number of nitrogens with one attached hydrogen (secondary N) is 1. The van der Waals surface area contributed by atoms with Crippen LogP contribution in [0.1, 0.15) is 223 Å². The van der Waals surface area contributed by atoms with Gasteiger partial charge >= 0.3 is 12.1 Å². The number of carbonyl (C=O) groups is 4. The van der Waals surface area contributed by atoms with E-state index in [-0.39, 0.29) is 41.3 Å². The number of benzene rings is 2. The molecular weight excluding hydrogens is 1120 g/mol. The number of rotatable bonds is 7. The highest BCUT2D eigenvalue weighted by molar-refractivity contribution is 5.80. The maximum Gasteiger partial charge on any atom is 0.410 e. The molecule has 0 aromatic heterocycles. The number of Topliss-reactive ketones (excluding diaryl/α,β-unsaturated/α-hetero) is 2. The van der Waals surface area contributed by atoms with Crippen LogP contribution in [0.4, 0.5) is 4.79 Å². The van der Waals surface area contributed by atoms with Crippen molar-refractivity contribution in [2.45, 2.75) is 260 Å². The average Bonchev–Trinajstić information content (AvgIpc) is 1.56. The highest BCUT2D eigenvalue weighted by Gasteiger charge is 2.63. The van der Waals surface area contributed by atoms with Gasteiger partial charge in [-0.05, 0) is 224 Å². The number of likely N-dealkylation sites (tertiary alicyclic amines) is 1. The summed E-state index contributed by atoms with van der Waals surface area (Å²) in [6, 6.07) is 20.2. The van der Waals surface area contributed by atoms with Gasteiger partial charge in [0.15, 0.2) is 0 Å². The zero-order valence-electron chi connectivity index (χ0n) is 57.8. The summed E-state index contributed by atoms with van der Waals surface area (Å²) >= 11 is 0. The second kappa shape index (κ2) is 28.0. The number of nitrogens with zero attached hydrogens (tertiary/aromatic N) is 2. The van der Waals surface area contributed by atoms with Crippen LogP contribution in [-0.4, -0.2) is 102 Å². The third kappa shape index (κ3) is 13.4. The van der Waals surface area contributed by atoms with Gasteiger partial charge in [0.1, 0.15) is 24.8 Å². The number of amides is 1. The lowest BCUT2D eigenvalue weighted by Crippen LogP contribution is -2.54. The van der Waals surface area contributed by atoms with E-state index in [4.69, 9.17) is 18.9 Å². The molecule has 4 aliphatic heterocycles. The van der Waals surface area contributed by atoms with Crippen molar-refractivity contribution in [3.05, 3.63) is 94.1 Å². The van der Waals surface area contributed by atoms with Crippen molar-refractivity contribution in [2.75, 3.05) is 32.7 Å². The molecule has 2 aromatic rings. The summed E-state index contributed by atoms with van der Waals surface area (Å²) in [4.78, 5) is 52.8. The number of fused-ring (bicyclic) bond motifs is 12. The van der Waals surface area contributed by atoms with E-state index in [1.54, 1.807) is 16.7 Å². The SMILES string of the molecule is CC(=O)OCc1ccccc1.CC1=C2C[C@H]3[C@@H](CC[C@@H]4CC(=O)CC[C@@]43C)[C@@H]2CC[C@@]2(C1)O[C@@H]1C[C@H](C)CN(C(=O)OCc3ccccc3)[C@H]1[C@H]2C.CC1=C2C[C@H]3[C@@H](CC[C@@H]4CC(=O)CC[C@@]43C)[C@@H]2CC[C@@]2(C1)O[C@@H]1C[C@H](C)CN[C@H]1[C@H]2C.CCN(CC)CC. The summed E-state index contributed by atoms with van der Waals surface area (Å²) in [6.07, 6.45) is 22.8. The normalized spacial score (nSPS) is 40.5. The molecular formula is C79H117N3O8. The lowest BCUT2D eigenvalue weighted by Gasteiger charge is -2.52. The summed E-state index contributed by atoms with van der Waals surface area (Å²) < 4.78 is 24.8. The Morgan fingerprint density at radius 1 is 0.611 bits per heavy atom. The van der Waals surface area contributed by atoms with Gasteiger partial charge in [0.25, 0.3) is 0 Å². The van der Waals surface area contributed by atoms with Crippen molar-refractivity contribution in [1.29, 1.82) is 0 Å². The van der Waals surface area contributed by atoms with E-state index in [2.05, 4.69) is 86.4 Å². The predicted octanol–water partition coefficient (Wildman–Crippen LogP) is 16.5. The molecule has 6 saturated carbocycles. The largest absolute Gasteiger partial charge is 0.461 e. The van der Waals surface area contributed by atoms with E-state index < -0.39 is 0 Å². The molecule has 496 valence electrons. The molecule has 12 aliphatic rings. The van der Waals surface area contributed by atoms with Crippen molar-refractivity contribution < 1.29 is 38.1 Å². The average molecular weight is 1240 g/mol. The molecule has 0 radical (unpaired) electrons. The van der Waals surface area contributed by atoms with E-state index in [0.717, 1.165) is 124 Å². The molecule has 1 amide bonds. The molecule has 8 aliphatic carbocycles. The van der Waals surface area contributed by atoms with Gasteiger partial charge < -0.3 is 34.1 Å². The highest BCUT2D eigenvalue weighted by Crippen LogP contribution is 2.67. The van der Waals surface area contributed by atoms with Crippen molar-refractivity contribution in [3.63, 3.8) is 0 Å². The third-order valence-electron chi connectivity index (χ3n) is 27.1. The maximum absolute atomic E-state index is 13.5. The minimum atomic E-state index is -0.242.